The normalized spacial score (nSPS) is 24.3. The highest BCUT2D eigenvalue weighted by atomic mass is 35.5. The molecule has 2 atom stereocenters. The molecule has 5 nitrogen and oxygen atoms in total. The summed E-state index contributed by atoms with van der Waals surface area (Å²) in [4.78, 5) is 3.75. The van der Waals surface area contributed by atoms with Gasteiger partial charge in [0, 0.05) is 12.7 Å². The van der Waals surface area contributed by atoms with E-state index in [1.165, 1.54) is 18.3 Å². The summed E-state index contributed by atoms with van der Waals surface area (Å²) in [7, 11) is -3.63. The van der Waals surface area contributed by atoms with Crippen molar-refractivity contribution in [1.82, 2.24) is 9.71 Å². The van der Waals surface area contributed by atoms with Gasteiger partial charge in [-0.3, -0.25) is 0 Å². The molecule has 2 N–H and O–H groups in total. The SMILES string of the molecule is O=S(=O)(NCC1CCCC(O)C1)c1cccnc1Cl. The monoisotopic (exact) mass is 304 g/mol. The van der Waals surface area contributed by atoms with Gasteiger partial charge in [0.15, 0.2) is 0 Å². The molecule has 1 aromatic heterocycles. The maximum absolute atomic E-state index is 12.1. The van der Waals surface area contributed by atoms with E-state index in [2.05, 4.69) is 9.71 Å². The van der Waals surface area contributed by atoms with E-state index in [1.54, 1.807) is 0 Å². The van der Waals surface area contributed by atoms with Crippen molar-refractivity contribution < 1.29 is 13.5 Å². The van der Waals surface area contributed by atoms with Gasteiger partial charge in [-0.05, 0) is 37.3 Å². The minimum atomic E-state index is -3.63. The summed E-state index contributed by atoms with van der Waals surface area (Å²) in [5.74, 6) is 0.175. The lowest BCUT2D eigenvalue weighted by Crippen LogP contribution is -2.33. The van der Waals surface area contributed by atoms with Gasteiger partial charge in [-0.25, -0.2) is 18.1 Å². The van der Waals surface area contributed by atoms with Crippen LogP contribution in [0.25, 0.3) is 0 Å². The summed E-state index contributed by atoms with van der Waals surface area (Å²) < 4.78 is 26.7. The van der Waals surface area contributed by atoms with Crippen LogP contribution in [-0.4, -0.2) is 31.2 Å². The molecule has 106 valence electrons. The summed E-state index contributed by atoms with van der Waals surface area (Å²) >= 11 is 5.78. The van der Waals surface area contributed by atoms with Gasteiger partial charge in [-0.2, -0.15) is 0 Å². The van der Waals surface area contributed by atoms with Gasteiger partial charge in [0.1, 0.15) is 10.0 Å². The van der Waals surface area contributed by atoms with Crippen LogP contribution in [0, 0.1) is 5.92 Å². The standard InChI is InChI=1S/C12H17ClN2O3S/c13-12-11(5-2-6-14-12)19(17,18)15-8-9-3-1-4-10(16)7-9/h2,5-6,9-10,15-16H,1,3-4,7-8H2. The average molecular weight is 305 g/mol. The van der Waals surface area contributed by atoms with Crippen LogP contribution in [0.3, 0.4) is 0 Å². The average Bonchev–Trinajstić information content (AvgIpc) is 2.37. The van der Waals surface area contributed by atoms with Gasteiger partial charge in [-0.15, -0.1) is 0 Å². The highest BCUT2D eigenvalue weighted by molar-refractivity contribution is 7.89. The van der Waals surface area contributed by atoms with Crippen molar-refractivity contribution in [3.8, 4) is 0 Å². The van der Waals surface area contributed by atoms with Gasteiger partial charge >= 0.3 is 0 Å². The van der Waals surface area contributed by atoms with Crippen molar-refractivity contribution in [2.24, 2.45) is 5.92 Å². The van der Waals surface area contributed by atoms with Crippen LogP contribution >= 0.6 is 11.6 Å². The van der Waals surface area contributed by atoms with Crippen LogP contribution in [0.15, 0.2) is 23.2 Å². The molecule has 0 bridgehead atoms. The Morgan fingerprint density at radius 2 is 2.26 bits per heavy atom. The maximum atomic E-state index is 12.1. The lowest BCUT2D eigenvalue weighted by atomic mass is 9.87. The quantitative estimate of drug-likeness (QED) is 0.828. The molecule has 0 radical (unpaired) electrons. The molecule has 0 saturated heterocycles. The zero-order valence-electron chi connectivity index (χ0n) is 10.4. The fourth-order valence-corrected chi connectivity index (χ4v) is 3.89. The molecule has 7 heteroatoms. The van der Waals surface area contributed by atoms with E-state index in [0.29, 0.717) is 13.0 Å². The second-order valence-electron chi connectivity index (χ2n) is 4.83. The Kier molecular flexibility index (Phi) is 4.78. The van der Waals surface area contributed by atoms with E-state index in [1.807, 2.05) is 0 Å². The Hall–Kier alpha value is -0.690. The first-order chi connectivity index (χ1) is 8.99. The number of hydrogen-bond acceptors (Lipinski definition) is 4. The van der Waals surface area contributed by atoms with Crippen LogP contribution in [-0.2, 0) is 10.0 Å². The summed E-state index contributed by atoms with van der Waals surface area (Å²) in [5, 5.41) is 9.53. The fourth-order valence-electron chi connectivity index (χ4n) is 2.33. The zero-order valence-corrected chi connectivity index (χ0v) is 12.0. The number of aliphatic hydroxyl groups is 1. The first kappa shape index (κ1) is 14.7. The lowest BCUT2D eigenvalue weighted by Gasteiger charge is -2.25. The van der Waals surface area contributed by atoms with E-state index >= 15 is 0 Å². The highest BCUT2D eigenvalue weighted by Crippen LogP contribution is 2.24. The minimum absolute atomic E-state index is 0.00646. The van der Waals surface area contributed by atoms with Crippen molar-refractivity contribution in [3.05, 3.63) is 23.5 Å². The molecule has 1 fully saturated rings. The van der Waals surface area contributed by atoms with Crippen molar-refractivity contribution in [2.75, 3.05) is 6.54 Å². The first-order valence-electron chi connectivity index (χ1n) is 6.27. The number of nitrogens with one attached hydrogen (secondary N) is 1. The third-order valence-corrected chi connectivity index (χ3v) is 5.20. The van der Waals surface area contributed by atoms with Crippen molar-refractivity contribution in [3.63, 3.8) is 0 Å². The topological polar surface area (TPSA) is 79.3 Å². The summed E-state index contributed by atoms with van der Waals surface area (Å²) in [6.07, 6.45) is 4.44. The number of aliphatic hydroxyl groups excluding tert-OH is 1. The minimum Gasteiger partial charge on any atom is -0.393 e. The number of rotatable bonds is 4. The van der Waals surface area contributed by atoms with E-state index in [0.717, 1.165) is 19.3 Å². The van der Waals surface area contributed by atoms with E-state index < -0.39 is 10.0 Å². The van der Waals surface area contributed by atoms with Crippen LogP contribution in [0.4, 0.5) is 0 Å². The lowest BCUT2D eigenvalue weighted by molar-refractivity contribution is 0.102. The van der Waals surface area contributed by atoms with Crippen LogP contribution in [0.5, 0.6) is 0 Å². The molecule has 19 heavy (non-hydrogen) atoms. The molecule has 1 aromatic rings. The molecular formula is C12H17ClN2O3S. The molecule has 2 unspecified atom stereocenters. The van der Waals surface area contributed by atoms with Gasteiger partial charge in [0.25, 0.3) is 0 Å². The Labute approximate surface area is 118 Å². The molecule has 0 amide bonds. The van der Waals surface area contributed by atoms with Crippen LogP contribution < -0.4 is 4.72 Å². The third-order valence-electron chi connectivity index (χ3n) is 3.33. The second kappa shape index (κ2) is 6.17. The number of nitrogens with zero attached hydrogens (tertiary/aromatic N) is 1. The summed E-state index contributed by atoms with van der Waals surface area (Å²) in [6, 6.07) is 2.96. The molecule has 0 spiro atoms. The number of sulfonamides is 1. The number of halogens is 1. The molecule has 1 saturated carbocycles. The van der Waals surface area contributed by atoms with Crippen molar-refractivity contribution in [1.29, 1.82) is 0 Å². The van der Waals surface area contributed by atoms with Gasteiger partial charge in [0.2, 0.25) is 10.0 Å². The van der Waals surface area contributed by atoms with E-state index in [-0.39, 0.29) is 22.1 Å². The van der Waals surface area contributed by atoms with Gasteiger partial charge < -0.3 is 5.11 Å². The highest BCUT2D eigenvalue weighted by Gasteiger charge is 2.23. The predicted molar refractivity (Wildman–Crippen MR) is 72.4 cm³/mol. The molecule has 2 rings (SSSR count). The molecule has 1 aliphatic carbocycles. The molecule has 0 aromatic carbocycles. The number of hydrogen-bond donors (Lipinski definition) is 2. The van der Waals surface area contributed by atoms with Crippen molar-refractivity contribution >= 4 is 21.6 Å². The second-order valence-corrected chi connectivity index (χ2v) is 6.92. The van der Waals surface area contributed by atoms with Crippen LogP contribution in [0.2, 0.25) is 5.15 Å². The summed E-state index contributed by atoms with van der Waals surface area (Å²) in [6.45, 7) is 0.324. The largest absolute Gasteiger partial charge is 0.393 e. The summed E-state index contributed by atoms with van der Waals surface area (Å²) in [5.41, 5.74) is 0. The molecule has 1 heterocycles. The Balaban J connectivity index is 2.00. The first-order valence-corrected chi connectivity index (χ1v) is 8.13. The molecule has 0 aliphatic heterocycles. The number of aromatic nitrogens is 1. The van der Waals surface area contributed by atoms with Gasteiger partial charge in [-0.1, -0.05) is 18.0 Å². The van der Waals surface area contributed by atoms with E-state index in [9.17, 15) is 13.5 Å². The maximum Gasteiger partial charge on any atom is 0.243 e. The zero-order chi connectivity index (χ0) is 13.9. The Morgan fingerprint density at radius 1 is 1.47 bits per heavy atom. The fraction of sp³-hybridized carbons (Fsp3) is 0.583. The molecular weight excluding hydrogens is 288 g/mol. The van der Waals surface area contributed by atoms with Crippen LogP contribution in [0.1, 0.15) is 25.7 Å². The Bertz CT molecular complexity index is 536. The van der Waals surface area contributed by atoms with Gasteiger partial charge in [0.05, 0.1) is 6.10 Å². The smallest absolute Gasteiger partial charge is 0.243 e. The Morgan fingerprint density at radius 3 is 2.95 bits per heavy atom. The number of pyridine rings is 1. The van der Waals surface area contributed by atoms with E-state index in [4.69, 9.17) is 11.6 Å². The molecule has 1 aliphatic rings. The third kappa shape index (κ3) is 3.89. The predicted octanol–water partition coefficient (Wildman–Crippen LogP) is 1.56. The van der Waals surface area contributed by atoms with Crippen molar-refractivity contribution in [2.45, 2.75) is 36.7 Å².